The van der Waals surface area contributed by atoms with Crippen LogP contribution in [0.15, 0.2) is 36.4 Å². The van der Waals surface area contributed by atoms with Crippen molar-refractivity contribution in [3.05, 3.63) is 53.6 Å². The summed E-state index contributed by atoms with van der Waals surface area (Å²) in [6.07, 6.45) is 0. The van der Waals surface area contributed by atoms with E-state index in [1.54, 1.807) is 0 Å². The normalized spacial score (nSPS) is 14.8. The van der Waals surface area contributed by atoms with Crippen molar-refractivity contribution in [2.24, 2.45) is 0 Å². The van der Waals surface area contributed by atoms with Gasteiger partial charge >= 0.3 is 0 Å². The van der Waals surface area contributed by atoms with Gasteiger partial charge in [0, 0.05) is 43.6 Å². The largest absolute Gasteiger partial charge is 0.481 e. The Morgan fingerprint density at radius 2 is 1.86 bits per heavy atom. The van der Waals surface area contributed by atoms with Crippen LogP contribution in [0.2, 0.25) is 0 Å². The first-order valence-corrected chi connectivity index (χ1v) is 9.42. The van der Waals surface area contributed by atoms with Gasteiger partial charge in [-0.1, -0.05) is 6.92 Å². The molecule has 0 aromatic heterocycles. The molecule has 3 rings (SSSR count). The van der Waals surface area contributed by atoms with Crippen LogP contribution in [0.3, 0.4) is 0 Å². The van der Waals surface area contributed by atoms with Gasteiger partial charge in [-0.3, -0.25) is 4.79 Å². The van der Waals surface area contributed by atoms with Crippen LogP contribution >= 0.6 is 0 Å². The Labute approximate surface area is 163 Å². The molecule has 0 radical (unpaired) electrons. The van der Waals surface area contributed by atoms with E-state index in [9.17, 15) is 13.6 Å². The predicted octanol–water partition coefficient (Wildman–Crippen LogP) is 3.43. The third-order valence-corrected chi connectivity index (χ3v) is 4.92. The summed E-state index contributed by atoms with van der Waals surface area (Å²) in [4.78, 5) is 16.9. The Hall–Kier alpha value is -2.67. The van der Waals surface area contributed by atoms with Gasteiger partial charge in [-0.2, -0.15) is 0 Å². The second kappa shape index (κ2) is 9.01. The average molecular weight is 389 g/mol. The summed E-state index contributed by atoms with van der Waals surface area (Å²) in [5.74, 6) is -2.09. The van der Waals surface area contributed by atoms with Crippen molar-refractivity contribution < 1.29 is 18.3 Å². The van der Waals surface area contributed by atoms with E-state index in [4.69, 9.17) is 4.74 Å². The van der Waals surface area contributed by atoms with Crippen LogP contribution in [-0.4, -0.2) is 50.1 Å². The number of amides is 1. The Morgan fingerprint density at radius 3 is 2.50 bits per heavy atom. The van der Waals surface area contributed by atoms with Crippen molar-refractivity contribution in [1.82, 2.24) is 4.90 Å². The Bertz CT molecular complexity index is 836. The van der Waals surface area contributed by atoms with Gasteiger partial charge in [0.1, 0.15) is 5.82 Å². The van der Waals surface area contributed by atoms with Crippen LogP contribution in [0.25, 0.3) is 0 Å². The molecule has 0 spiro atoms. The van der Waals surface area contributed by atoms with Crippen LogP contribution in [0.5, 0.6) is 5.75 Å². The molecular weight excluding hydrogens is 364 g/mol. The molecule has 2 aromatic carbocycles. The SMILES string of the molecule is CCN1CCN(c2ccc(NC(=O)COc3ccc(F)cc3F)c(C)c2)CC1. The highest BCUT2D eigenvalue weighted by atomic mass is 19.1. The molecule has 1 heterocycles. The van der Waals surface area contributed by atoms with Gasteiger partial charge in [0.25, 0.3) is 5.91 Å². The summed E-state index contributed by atoms with van der Waals surface area (Å²) < 4.78 is 31.6. The minimum Gasteiger partial charge on any atom is -0.481 e. The molecule has 0 bridgehead atoms. The minimum absolute atomic E-state index is 0.158. The predicted molar refractivity (Wildman–Crippen MR) is 106 cm³/mol. The maximum atomic E-state index is 13.6. The van der Waals surface area contributed by atoms with E-state index < -0.39 is 17.5 Å². The molecular formula is C21H25F2N3O2. The summed E-state index contributed by atoms with van der Waals surface area (Å²) in [6, 6.07) is 8.88. The van der Waals surface area contributed by atoms with Crippen molar-refractivity contribution in [3.63, 3.8) is 0 Å². The molecule has 1 saturated heterocycles. The van der Waals surface area contributed by atoms with Gasteiger partial charge in [-0.15, -0.1) is 0 Å². The molecule has 0 aliphatic carbocycles. The number of ether oxygens (including phenoxy) is 1. The van der Waals surface area contributed by atoms with Gasteiger partial charge in [0.15, 0.2) is 18.2 Å². The number of carbonyl (C=O) groups excluding carboxylic acids is 1. The number of nitrogens with zero attached hydrogens (tertiary/aromatic N) is 2. The quantitative estimate of drug-likeness (QED) is 0.822. The van der Waals surface area contributed by atoms with Crippen LogP contribution in [-0.2, 0) is 4.79 Å². The number of piperazine rings is 1. The highest BCUT2D eigenvalue weighted by Crippen LogP contribution is 2.24. The number of likely N-dealkylation sites (N-methyl/N-ethyl adjacent to an activating group) is 1. The fourth-order valence-electron chi connectivity index (χ4n) is 3.23. The number of anilines is 2. The van der Waals surface area contributed by atoms with E-state index in [1.165, 1.54) is 0 Å². The van der Waals surface area contributed by atoms with Crippen LogP contribution in [0.4, 0.5) is 20.2 Å². The highest BCUT2D eigenvalue weighted by molar-refractivity contribution is 5.92. The van der Waals surface area contributed by atoms with Crippen LogP contribution in [0.1, 0.15) is 12.5 Å². The maximum absolute atomic E-state index is 13.6. The molecule has 0 unspecified atom stereocenters. The number of rotatable bonds is 6. The fraction of sp³-hybridized carbons (Fsp3) is 0.381. The molecule has 0 saturated carbocycles. The van der Waals surface area contributed by atoms with E-state index in [0.29, 0.717) is 5.69 Å². The standard InChI is InChI=1S/C21H25F2N3O2/c1-3-25-8-10-26(11-9-25)17-5-6-19(15(2)12-17)24-21(27)14-28-20-7-4-16(22)13-18(20)23/h4-7,12-13H,3,8-11,14H2,1-2H3,(H,24,27). The summed E-state index contributed by atoms with van der Waals surface area (Å²) >= 11 is 0. The first-order valence-electron chi connectivity index (χ1n) is 9.42. The zero-order valence-electron chi connectivity index (χ0n) is 16.2. The third kappa shape index (κ3) is 4.98. The topological polar surface area (TPSA) is 44.8 Å². The zero-order valence-corrected chi connectivity index (χ0v) is 16.2. The van der Waals surface area contributed by atoms with E-state index in [1.807, 2.05) is 19.1 Å². The van der Waals surface area contributed by atoms with Gasteiger partial charge in [-0.05, 0) is 49.4 Å². The van der Waals surface area contributed by atoms with E-state index in [0.717, 1.165) is 62.2 Å². The lowest BCUT2D eigenvalue weighted by Gasteiger charge is -2.35. The highest BCUT2D eigenvalue weighted by Gasteiger charge is 2.17. The van der Waals surface area contributed by atoms with Gasteiger partial charge in [-0.25, -0.2) is 8.78 Å². The number of hydrogen-bond acceptors (Lipinski definition) is 4. The Kier molecular flexibility index (Phi) is 6.46. The summed E-state index contributed by atoms with van der Waals surface area (Å²) in [7, 11) is 0. The molecule has 1 N–H and O–H groups in total. The summed E-state index contributed by atoms with van der Waals surface area (Å²) in [6.45, 7) is 8.88. The molecule has 7 heteroatoms. The lowest BCUT2D eigenvalue weighted by Crippen LogP contribution is -2.46. The molecule has 1 fully saturated rings. The second-order valence-electron chi connectivity index (χ2n) is 6.83. The molecule has 5 nitrogen and oxygen atoms in total. The molecule has 1 amide bonds. The fourth-order valence-corrected chi connectivity index (χ4v) is 3.23. The number of aryl methyl sites for hydroxylation is 1. The van der Waals surface area contributed by atoms with Crippen LogP contribution in [0, 0.1) is 18.6 Å². The van der Waals surface area contributed by atoms with E-state index in [-0.39, 0.29) is 12.4 Å². The van der Waals surface area contributed by atoms with Crippen molar-refractivity contribution in [2.75, 3.05) is 49.5 Å². The lowest BCUT2D eigenvalue weighted by molar-refractivity contribution is -0.118. The molecule has 0 atom stereocenters. The summed E-state index contributed by atoms with van der Waals surface area (Å²) in [5.41, 5.74) is 2.76. The molecule has 2 aromatic rings. The first-order chi connectivity index (χ1) is 13.5. The van der Waals surface area contributed by atoms with Crippen molar-refractivity contribution in [2.45, 2.75) is 13.8 Å². The van der Waals surface area contributed by atoms with Crippen LogP contribution < -0.4 is 15.0 Å². The lowest BCUT2D eigenvalue weighted by atomic mass is 10.1. The average Bonchev–Trinajstić information content (AvgIpc) is 2.69. The van der Waals surface area contributed by atoms with Crippen molar-refractivity contribution in [1.29, 1.82) is 0 Å². The number of nitrogens with one attached hydrogen (secondary N) is 1. The van der Waals surface area contributed by atoms with Crippen molar-refractivity contribution >= 4 is 17.3 Å². The first kappa shape index (κ1) is 20.1. The second-order valence-corrected chi connectivity index (χ2v) is 6.83. The smallest absolute Gasteiger partial charge is 0.262 e. The number of halogens is 2. The molecule has 1 aliphatic rings. The third-order valence-electron chi connectivity index (χ3n) is 4.92. The van der Waals surface area contributed by atoms with E-state index in [2.05, 4.69) is 28.1 Å². The summed E-state index contributed by atoms with van der Waals surface area (Å²) in [5, 5.41) is 2.77. The molecule has 150 valence electrons. The van der Waals surface area contributed by atoms with E-state index >= 15 is 0 Å². The maximum Gasteiger partial charge on any atom is 0.262 e. The molecule has 28 heavy (non-hydrogen) atoms. The minimum atomic E-state index is -0.837. The monoisotopic (exact) mass is 389 g/mol. The molecule has 1 aliphatic heterocycles. The Balaban J connectivity index is 1.56. The van der Waals surface area contributed by atoms with Gasteiger partial charge in [0.05, 0.1) is 0 Å². The zero-order chi connectivity index (χ0) is 20.1. The van der Waals surface area contributed by atoms with Gasteiger partial charge in [0.2, 0.25) is 0 Å². The Morgan fingerprint density at radius 1 is 1.11 bits per heavy atom. The van der Waals surface area contributed by atoms with Gasteiger partial charge < -0.3 is 19.9 Å². The number of carbonyl (C=O) groups is 1. The van der Waals surface area contributed by atoms with Crippen molar-refractivity contribution in [3.8, 4) is 5.75 Å². The number of benzene rings is 2. The number of hydrogen-bond donors (Lipinski definition) is 1.